The molecule has 2 aliphatic heterocycles. The third-order valence-electron chi connectivity index (χ3n) is 5.12. The van der Waals surface area contributed by atoms with Crippen LogP contribution in [0.3, 0.4) is 0 Å². The molecule has 0 aromatic heterocycles. The van der Waals surface area contributed by atoms with Gasteiger partial charge in [0.25, 0.3) is 0 Å². The van der Waals surface area contributed by atoms with Gasteiger partial charge in [-0.15, -0.1) is 0 Å². The van der Waals surface area contributed by atoms with Crippen LogP contribution < -0.4 is 5.32 Å². The predicted molar refractivity (Wildman–Crippen MR) is 94.6 cm³/mol. The second-order valence-corrected chi connectivity index (χ2v) is 7.02. The van der Waals surface area contributed by atoms with Gasteiger partial charge in [0, 0.05) is 38.3 Å². The van der Waals surface area contributed by atoms with Gasteiger partial charge in [-0.2, -0.15) is 0 Å². The Labute approximate surface area is 140 Å². The molecule has 1 N–H and O–H groups in total. The van der Waals surface area contributed by atoms with Gasteiger partial charge in [0.15, 0.2) is 0 Å². The Balaban J connectivity index is 1.44. The summed E-state index contributed by atoms with van der Waals surface area (Å²) in [7, 11) is 2.19. The fraction of sp³-hybridized carbons (Fsp3) is 0.684. The van der Waals surface area contributed by atoms with Crippen molar-refractivity contribution in [2.75, 3.05) is 39.8 Å². The highest BCUT2D eigenvalue weighted by molar-refractivity contribution is 5.14. The van der Waals surface area contributed by atoms with Crippen LogP contribution in [0.4, 0.5) is 0 Å². The second kappa shape index (κ2) is 8.25. The number of hydrogen-bond donors (Lipinski definition) is 1. The van der Waals surface area contributed by atoms with Gasteiger partial charge < -0.3 is 15.0 Å². The summed E-state index contributed by atoms with van der Waals surface area (Å²) in [5.41, 5.74) is 1.42. The minimum Gasteiger partial charge on any atom is -0.375 e. The highest BCUT2D eigenvalue weighted by Crippen LogP contribution is 2.18. The highest BCUT2D eigenvalue weighted by Gasteiger charge is 2.33. The molecule has 0 saturated carbocycles. The van der Waals surface area contributed by atoms with Gasteiger partial charge in [-0.05, 0) is 45.5 Å². The Kier molecular flexibility index (Phi) is 6.06. The third kappa shape index (κ3) is 4.77. The van der Waals surface area contributed by atoms with Gasteiger partial charge >= 0.3 is 0 Å². The van der Waals surface area contributed by atoms with Crippen molar-refractivity contribution in [1.29, 1.82) is 0 Å². The number of ether oxygens (including phenoxy) is 1. The zero-order valence-corrected chi connectivity index (χ0v) is 14.6. The number of likely N-dealkylation sites (N-methyl/N-ethyl adjacent to an activating group) is 1. The molecule has 0 aliphatic carbocycles. The van der Waals surface area contributed by atoms with Crippen molar-refractivity contribution in [2.24, 2.45) is 0 Å². The lowest BCUT2D eigenvalue weighted by Gasteiger charge is -2.34. The lowest BCUT2D eigenvalue weighted by molar-refractivity contribution is 0.0487. The first kappa shape index (κ1) is 16.9. The molecule has 2 aliphatic rings. The molecule has 0 radical (unpaired) electrons. The third-order valence-corrected chi connectivity index (χ3v) is 5.12. The molecule has 3 rings (SSSR count). The van der Waals surface area contributed by atoms with Crippen molar-refractivity contribution in [3.63, 3.8) is 0 Å². The lowest BCUT2D eigenvalue weighted by atomic mass is 10.0. The summed E-state index contributed by atoms with van der Waals surface area (Å²) in [6.07, 6.45) is 2.84. The highest BCUT2D eigenvalue weighted by atomic mass is 16.5. The maximum absolute atomic E-state index is 5.91. The summed E-state index contributed by atoms with van der Waals surface area (Å²) in [4.78, 5) is 4.96. The molecular formula is C19H31N3O. The number of hydrogen-bond acceptors (Lipinski definition) is 4. The second-order valence-electron chi connectivity index (χ2n) is 7.02. The molecule has 4 heteroatoms. The van der Waals surface area contributed by atoms with E-state index >= 15 is 0 Å². The molecule has 1 aromatic rings. The van der Waals surface area contributed by atoms with Crippen LogP contribution in [-0.2, 0) is 11.3 Å². The Bertz CT molecular complexity index is 459. The van der Waals surface area contributed by atoms with Crippen molar-refractivity contribution in [3.05, 3.63) is 35.9 Å². The van der Waals surface area contributed by atoms with E-state index in [0.717, 1.165) is 26.2 Å². The van der Waals surface area contributed by atoms with Crippen LogP contribution in [0.1, 0.15) is 25.3 Å². The Morgan fingerprint density at radius 2 is 1.87 bits per heavy atom. The molecule has 2 fully saturated rings. The standard InChI is InChI=1S/C19H31N3O/c1-3-23-19-15-21(2)14-18(19)20-17-9-11-22(12-10-17)13-16-7-5-4-6-8-16/h4-8,17-20H,3,9-15H2,1-2H3/t18-,19-/m0/s1. The van der Waals surface area contributed by atoms with Crippen molar-refractivity contribution in [3.8, 4) is 0 Å². The van der Waals surface area contributed by atoms with Crippen LogP contribution in [0.5, 0.6) is 0 Å². The number of rotatable bonds is 6. The molecule has 0 unspecified atom stereocenters. The van der Waals surface area contributed by atoms with E-state index in [4.69, 9.17) is 4.74 Å². The smallest absolute Gasteiger partial charge is 0.0866 e. The van der Waals surface area contributed by atoms with Gasteiger partial charge in [0.1, 0.15) is 0 Å². The number of likely N-dealkylation sites (tertiary alicyclic amines) is 2. The van der Waals surface area contributed by atoms with Gasteiger partial charge in [0.2, 0.25) is 0 Å². The van der Waals surface area contributed by atoms with Gasteiger partial charge in [0.05, 0.1) is 6.10 Å². The van der Waals surface area contributed by atoms with E-state index < -0.39 is 0 Å². The fourth-order valence-corrected chi connectivity index (χ4v) is 3.91. The van der Waals surface area contributed by atoms with Crippen LogP contribution >= 0.6 is 0 Å². The van der Waals surface area contributed by atoms with Crippen molar-refractivity contribution >= 4 is 0 Å². The summed E-state index contributed by atoms with van der Waals surface area (Å²) in [6.45, 7) is 8.53. The number of nitrogens with one attached hydrogen (secondary N) is 1. The zero-order chi connectivity index (χ0) is 16.1. The molecule has 2 atom stereocenters. The van der Waals surface area contributed by atoms with Crippen LogP contribution in [0.25, 0.3) is 0 Å². The molecule has 0 spiro atoms. The van der Waals surface area contributed by atoms with E-state index in [1.54, 1.807) is 0 Å². The number of nitrogens with zero attached hydrogens (tertiary/aromatic N) is 2. The first-order chi connectivity index (χ1) is 11.2. The molecule has 2 saturated heterocycles. The van der Waals surface area contributed by atoms with Gasteiger partial charge in [-0.1, -0.05) is 30.3 Å². The molecule has 0 bridgehead atoms. The lowest BCUT2D eigenvalue weighted by Crippen LogP contribution is -2.50. The summed E-state index contributed by atoms with van der Waals surface area (Å²) in [5.74, 6) is 0. The van der Waals surface area contributed by atoms with Crippen molar-refractivity contribution in [2.45, 2.75) is 44.5 Å². The maximum Gasteiger partial charge on any atom is 0.0866 e. The summed E-state index contributed by atoms with van der Waals surface area (Å²) >= 11 is 0. The normalized spacial score (nSPS) is 27.6. The van der Waals surface area contributed by atoms with E-state index in [-0.39, 0.29) is 0 Å². The molecule has 23 heavy (non-hydrogen) atoms. The zero-order valence-electron chi connectivity index (χ0n) is 14.6. The Morgan fingerprint density at radius 1 is 1.13 bits per heavy atom. The number of benzene rings is 1. The fourth-order valence-electron chi connectivity index (χ4n) is 3.91. The summed E-state index contributed by atoms with van der Waals surface area (Å²) in [5, 5.41) is 3.87. The van der Waals surface area contributed by atoms with Gasteiger partial charge in [-0.25, -0.2) is 0 Å². The van der Waals surface area contributed by atoms with Crippen molar-refractivity contribution in [1.82, 2.24) is 15.1 Å². The monoisotopic (exact) mass is 317 g/mol. The van der Waals surface area contributed by atoms with Crippen molar-refractivity contribution < 1.29 is 4.74 Å². The van der Waals surface area contributed by atoms with Gasteiger partial charge in [-0.3, -0.25) is 4.90 Å². The molecule has 128 valence electrons. The minimum absolute atomic E-state index is 0.354. The first-order valence-corrected chi connectivity index (χ1v) is 9.07. The van der Waals surface area contributed by atoms with Crippen LogP contribution in [-0.4, -0.2) is 67.8 Å². The van der Waals surface area contributed by atoms with E-state index in [1.165, 1.54) is 31.5 Å². The summed E-state index contributed by atoms with van der Waals surface area (Å²) in [6, 6.07) is 11.9. The topological polar surface area (TPSA) is 27.7 Å². The average molecular weight is 317 g/mol. The maximum atomic E-state index is 5.91. The molecular weight excluding hydrogens is 286 g/mol. The largest absolute Gasteiger partial charge is 0.375 e. The first-order valence-electron chi connectivity index (χ1n) is 9.07. The molecule has 4 nitrogen and oxygen atoms in total. The van der Waals surface area contributed by atoms with E-state index in [2.05, 4.69) is 59.4 Å². The molecule has 1 aromatic carbocycles. The van der Waals surface area contributed by atoms with Crippen LogP contribution in [0, 0.1) is 0 Å². The van der Waals surface area contributed by atoms with Crippen LogP contribution in [0.15, 0.2) is 30.3 Å². The van der Waals surface area contributed by atoms with Crippen LogP contribution in [0.2, 0.25) is 0 Å². The van der Waals surface area contributed by atoms with E-state index in [0.29, 0.717) is 18.2 Å². The van der Waals surface area contributed by atoms with E-state index in [1.807, 2.05) is 0 Å². The minimum atomic E-state index is 0.354. The SMILES string of the molecule is CCO[C@H]1CN(C)C[C@@H]1NC1CCN(Cc2ccccc2)CC1. The Hall–Kier alpha value is -0.940. The summed E-state index contributed by atoms with van der Waals surface area (Å²) < 4.78 is 5.91. The number of piperidine rings is 1. The molecule has 0 amide bonds. The average Bonchev–Trinajstić information content (AvgIpc) is 2.90. The quantitative estimate of drug-likeness (QED) is 0.868. The predicted octanol–water partition coefficient (Wildman–Crippen LogP) is 1.96. The van der Waals surface area contributed by atoms with E-state index in [9.17, 15) is 0 Å². The Morgan fingerprint density at radius 3 is 2.57 bits per heavy atom. The molecule has 2 heterocycles.